The first-order chi connectivity index (χ1) is 13.4. The maximum absolute atomic E-state index is 12.5. The fourth-order valence-electron chi connectivity index (χ4n) is 3.12. The van der Waals surface area contributed by atoms with Gasteiger partial charge in [0, 0.05) is 24.0 Å². The number of carbonyl (C=O) groups excluding carboxylic acids is 2. The van der Waals surface area contributed by atoms with Gasteiger partial charge < -0.3 is 14.6 Å². The molecule has 0 unspecified atom stereocenters. The number of benzene rings is 2. The van der Waals surface area contributed by atoms with Crippen LogP contribution < -0.4 is 10.2 Å². The monoisotopic (exact) mass is 376 g/mol. The Hall–Kier alpha value is -3.34. The minimum absolute atomic E-state index is 0.00288. The molecular weight excluding hydrogens is 352 g/mol. The van der Waals surface area contributed by atoms with E-state index in [0.717, 1.165) is 22.6 Å². The SMILES string of the molecule is Cc1oc(C)c(C(=O)Nc2ccc(CC(=O)N(C)c3ccccc3)cc2)c1C. The van der Waals surface area contributed by atoms with Gasteiger partial charge in [-0.25, -0.2) is 0 Å². The Morgan fingerprint density at radius 3 is 2.14 bits per heavy atom. The Morgan fingerprint density at radius 2 is 1.57 bits per heavy atom. The van der Waals surface area contributed by atoms with E-state index < -0.39 is 0 Å². The summed E-state index contributed by atoms with van der Waals surface area (Å²) in [6.07, 6.45) is 0.290. The lowest BCUT2D eigenvalue weighted by molar-refractivity contribution is -0.117. The molecule has 0 saturated heterocycles. The molecule has 0 atom stereocenters. The van der Waals surface area contributed by atoms with Crippen molar-refractivity contribution in [1.29, 1.82) is 0 Å². The summed E-state index contributed by atoms with van der Waals surface area (Å²) in [7, 11) is 1.77. The summed E-state index contributed by atoms with van der Waals surface area (Å²) in [5, 5.41) is 2.89. The fourth-order valence-corrected chi connectivity index (χ4v) is 3.12. The molecule has 28 heavy (non-hydrogen) atoms. The van der Waals surface area contributed by atoms with Crippen molar-refractivity contribution in [2.24, 2.45) is 0 Å². The van der Waals surface area contributed by atoms with Crippen LogP contribution in [0.5, 0.6) is 0 Å². The first kappa shape index (κ1) is 19.4. The highest BCUT2D eigenvalue weighted by molar-refractivity contribution is 6.06. The second kappa shape index (κ2) is 8.13. The predicted octanol–water partition coefficient (Wildman–Crippen LogP) is 4.66. The van der Waals surface area contributed by atoms with Crippen LogP contribution in [0.3, 0.4) is 0 Å². The molecule has 1 N–H and O–H groups in total. The standard InChI is InChI=1S/C23H24N2O3/c1-15-16(2)28-17(3)22(15)23(27)24-19-12-10-18(11-13-19)14-21(26)25(4)20-8-6-5-7-9-20/h5-13H,14H2,1-4H3,(H,24,27). The van der Waals surface area contributed by atoms with E-state index in [1.807, 2.05) is 56.3 Å². The zero-order valence-electron chi connectivity index (χ0n) is 16.6. The lowest BCUT2D eigenvalue weighted by Crippen LogP contribution is -2.27. The van der Waals surface area contributed by atoms with Gasteiger partial charge in [0.1, 0.15) is 11.5 Å². The lowest BCUT2D eigenvalue weighted by Gasteiger charge is -2.17. The number of hydrogen-bond acceptors (Lipinski definition) is 3. The average molecular weight is 376 g/mol. The predicted molar refractivity (Wildman–Crippen MR) is 111 cm³/mol. The molecule has 144 valence electrons. The number of rotatable bonds is 5. The zero-order valence-corrected chi connectivity index (χ0v) is 16.6. The highest BCUT2D eigenvalue weighted by Crippen LogP contribution is 2.22. The van der Waals surface area contributed by atoms with Crippen molar-refractivity contribution in [3.05, 3.63) is 82.8 Å². The molecule has 0 saturated carbocycles. The first-order valence-electron chi connectivity index (χ1n) is 9.15. The topological polar surface area (TPSA) is 62.6 Å². The van der Waals surface area contributed by atoms with Crippen molar-refractivity contribution in [3.8, 4) is 0 Å². The van der Waals surface area contributed by atoms with Crippen LogP contribution in [0.1, 0.15) is 33.0 Å². The third-order valence-corrected chi connectivity index (χ3v) is 4.87. The Balaban J connectivity index is 1.65. The van der Waals surface area contributed by atoms with E-state index in [9.17, 15) is 9.59 Å². The van der Waals surface area contributed by atoms with Crippen LogP contribution in [0.25, 0.3) is 0 Å². The molecule has 1 aromatic heterocycles. The van der Waals surface area contributed by atoms with Crippen LogP contribution in [0, 0.1) is 20.8 Å². The van der Waals surface area contributed by atoms with Crippen molar-refractivity contribution < 1.29 is 14.0 Å². The second-order valence-corrected chi connectivity index (χ2v) is 6.83. The Bertz CT molecular complexity index is 989. The molecule has 0 aliphatic heterocycles. The van der Waals surface area contributed by atoms with Gasteiger partial charge in [-0.1, -0.05) is 30.3 Å². The van der Waals surface area contributed by atoms with E-state index in [0.29, 0.717) is 23.4 Å². The van der Waals surface area contributed by atoms with Gasteiger partial charge in [-0.15, -0.1) is 0 Å². The minimum Gasteiger partial charge on any atom is -0.466 e. The number of anilines is 2. The normalized spacial score (nSPS) is 10.6. The number of likely N-dealkylation sites (N-methyl/N-ethyl adjacent to an activating group) is 1. The quantitative estimate of drug-likeness (QED) is 0.704. The summed E-state index contributed by atoms with van der Waals surface area (Å²) >= 11 is 0. The van der Waals surface area contributed by atoms with Gasteiger partial charge >= 0.3 is 0 Å². The molecule has 1 heterocycles. The molecule has 0 aliphatic carbocycles. The second-order valence-electron chi connectivity index (χ2n) is 6.83. The molecule has 3 rings (SSSR count). The minimum atomic E-state index is -0.195. The molecule has 5 heteroatoms. The van der Waals surface area contributed by atoms with Crippen LogP contribution in [0.4, 0.5) is 11.4 Å². The summed E-state index contributed by atoms with van der Waals surface area (Å²) in [5.41, 5.74) is 3.84. The van der Waals surface area contributed by atoms with Gasteiger partial charge in [-0.05, 0) is 50.6 Å². The lowest BCUT2D eigenvalue weighted by atomic mass is 10.1. The molecule has 0 radical (unpaired) electrons. The van der Waals surface area contributed by atoms with E-state index in [1.54, 1.807) is 31.0 Å². The van der Waals surface area contributed by atoms with Crippen LogP contribution in [0.2, 0.25) is 0 Å². The van der Waals surface area contributed by atoms with Crippen molar-refractivity contribution in [3.63, 3.8) is 0 Å². The van der Waals surface area contributed by atoms with Crippen molar-refractivity contribution >= 4 is 23.2 Å². The average Bonchev–Trinajstić information content (AvgIpc) is 2.95. The van der Waals surface area contributed by atoms with E-state index in [2.05, 4.69) is 5.32 Å². The van der Waals surface area contributed by atoms with Gasteiger partial charge in [0.25, 0.3) is 5.91 Å². The molecule has 0 bridgehead atoms. The van der Waals surface area contributed by atoms with E-state index in [4.69, 9.17) is 4.42 Å². The Morgan fingerprint density at radius 1 is 0.929 bits per heavy atom. The third kappa shape index (κ3) is 4.14. The Kier molecular flexibility index (Phi) is 5.64. The van der Waals surface area contributed by atoms with Gasteiger partial charge in [-0.3, -0.25) is 9.59 Å². The van der Waals surface area contributed by atoms with Crippen molar-refractivity contribution in [1.82, 2.24) is 0 Å². The van der Waals surface area contributed by atoms with Gasteiger partial charge in [0.2, 0.25) is 5.91 Å². The molecule has 0 fully saturated rings. The van der Waals surface area contributed by atoms with Gasteiger partial charge in [-0.2, -0.15) is 0 Å². The smallest absolute Gasteiger partial charge is 0.259 e. The summed E-state index contributed by atoms with van der Waals surface area (Å²) in [5.74, 6) is 1.17. The summed E-state index contributed by atoms with van der Waals surface area (Å²) in [6.45, 7) is 5.50. The molecule has 5 nitrogen and oxygen atoms in total. The molecule has 2 amide bonds. The van der Waals surface area contributed by atoms with Crippen LogP contribution in [-0.4, -0.2) is 18.9 Å². The number of amides is 2. The number of para-hydroxylation sites is 1. The highest BCUT2D eigenvalue weighted by atomic mass is 16.3. The third-order valence-electron chi connectivity index (χ3n) is 4.87. The maximum Gasteiger partial charge on any atom is 0.259 e. The number of carbonyl (C=O) groups is 2. The molecular formula is C23H24N2O3. The van der Waals surface area contributed by atoms with Gasteiger partial charge in [0.05, 0.1) is 12.0 Å². The van der Waals surface area contributed by atoms with E-state index >= 15 is 0 Å². The summed E-state index contributed by atoms with van der Waals surface area (Å²) < 4.78 is 5.52. The van der Waals surface area contributed by atoms with Crippen LogP contribution in [-0.2, 0) is 11.2 Å². The van der Waals surface area contributed by atoms with E-state index in [1.165, 1.54) is 0 Å². The number of hydrogen-bond donors (Lipinski definition) is 1. The molecule has 2 aromatic carbocycles. The zero-order chi connectivity index (χ0) is 20.3. The summed E-state index contributed by atoms with van der Waals surface area (Å²) in [6, 6.07) is 16.8. The van der Waals surface area contributed by atoms with E-state index in [-0.39, 0.29) is 11.8 Å². The van der Waals surface area contributed by atoms with Gasteiger partial charge in [0.15, 0.2) is 0 Å². The molecule has 0 aliphatic rings. The Labute approximate surface area is 165 Å². The van der Waals surface area contributed by atoms with Crippen LogP contribution >= 0.6 is 0 Å². The van der Waals surface area contributed by atoms with Crippen molar-refractivity contribution in [2.45, 2.75) is 27.2 Å². The maximum atomic E-state index is 12.5. The molecule has 3 aromatic rings. The van der Waals surface area contributed by atoms with Crippen LogP contribution in [0.15, 0.2) is 59.0 Å². The molecule has 0 spiro atoms. The fraction of sp³-hybridized carbons (Fsp3) is 0.217. The first-order valence-corrected chi connectivity index (χ1v) is 9.15. The number of aryl methyl sites for hydroxylation is 2. The number of furan rings is 1. The van der Waals surface area contributed by atoms with Crippen molar-refractivity contribution in [2.75, 3.05) is 17.3 Å². The number of nitrogens with one attached hydrogen (secondary N) is 1. The summed E-state index contributed by atoms with van der Waals surface area (Å²) in [4.78, 5) is 26.7. The largest absolute Gasteiger partial charge is 0.466 e. The highest BCUT2D eigenvalue weighted by Gasteiger charge is 2.18. The number of nitrogens with zero attached hydrogens (tertiary/aromatic N) is 1.